The van der Waals surface area contributed by atoms with E-state index < -0.39 is 0 Å². The van der Waals surface area contributed by atoms with Gasteiger partial charge in [0.25, 0.3) is 5.91 Å². The highest BCUT2D eigenvalue weighted by Crippen LogP contribution is 2.25. The van der Waals surface area contributed by atoms with E-state index >= 15 is 0 Å². The number of rotatable bonds is 2. The van der Waals surface area contributed by atoms with Crippen LogP contribution in [0.1, 0.15) is 17.3 Å². The first-order valence-corrected chi connectivity index (χ1v) is 7.34. The Labute approximate surface area is 126 Å². The number of carbonyl (C=O) groups excluding carboxylic acids is 1. The van der Waals surface area contributed by atoms with Crippen molar-refractivity contribution in [1.82, 2.24) is 14.8 Å². The van der Waals surface area contributed by atoms with Crippen LogP contribution in [0.3, 0.4) is 0 Å². The van der Waals surface area contributed by atoms with E-state index in [1.807, 2.05) is 19.0 Å². The van der Waals surface area contributed by atoms with Gasteiger partial charge in [-0.15, -0.1) is 0 Å². The Hall–Kier alpha value is -0.650. The molecule has 1 aromatic rings. The summed E-state index contributed by atoms with van der Waals surface area (Å²) < 4.78 is 0.761. The number of amides is 1. The summed E-state index contributed by atoms with van der Waals surface area (Å²) in [5.41, 5.74) is 0.461. The SMILES string of the molecule is CC1CN(C(=O)c2cc(Br)cnc2Cl)CC1N(C)C. The minimum absolute atomic E-state index is 0.0463. The van der Waals surface area contributed by atoms with E-state index in [4.69, 9.17) is 11.6 Å². The van der Waals surface area contributed by atoms with Crippen molar-refractivity contribution in [3.63, 3.8) is 0 Å². The molecule has 2 rings (SSSR count). The average molecular weight is 347 g/mol. The van der Waals surface area contributed by atoms with Gasteiger partial charge in [0.15, 0.2) is 0 Å². The van der Waals surface area contributed by atoms with Crippen LogP contribution in [0.2, 0.25) is 5.15 Å². The van der Waals surface area contributed by atoms with Crippen LogP contribution in [0.15, 0.2) is 16.7 Å². The molecule has 0 spiro atoms. The molecule has 2 heterocycles. The predicted molar refractivity (Wildman–Crippen MR) is 79.5 cm³/mol. The van der Waals surface area contributed by atoms with E-state index in [0.29, 0.717) is 17.5 Å². The molecule has 0 radical (unpaired) electrons. The highest BCUT2D eigenvalue weighted by molar-refractivity contribution is 9.10. The number of pyridine rings is 1. The number of halogens is 2. The first kappa shape index (κ1) is 14.8. The van der Waals surface area contributed by atoms with Crippen molar-refractivity contribution in [1.29, 1.82) is 0 Å². The molecule has 1 fully saturated rings. The van der Waals surface area contributed by atoms with Crippen molar-refractivity contribution < 1.29 is 4.79 Å². The van der Waals surface area contributed by atoms with Gasteiger partial charge in [0.1, 0.15) is 5.15 Å². The largest absolute Gasteiger partial charge is 0.337 e. The van der Waals surface area contributed by atoms with Crippen molar-refractivity contribution in [3.05, 3.63) is 27.5 Å². The first-order valence-electron chi connectivity index (χ1n) is 6.17. The van der Waals surface area contributed by atoms with Gasteiger partial charge in [-0.1, -0.05) is 18.5 Å². The number of aromatic nitrogens is 1. The molecule has 1 amide bonds. The van der Waals surface area contributed by atoms with Gasteiger partial charge in [0.2, 0.25) is 0 Å². The molecule has 1 aliphatic rings. The second-order valence-electron chi connectivity index (χ2n) is 5.21. The van der Waals surface area contributed by atoms with Crippen molar-refractivity contribution in [2.45, 2.75) is 13.0 Å². The Balaban J connectivity index is 2.19. The van der Waals surface area contributed by atoms with Crippen LogP contribution in [-0.4, -0.2) is 53.9 Å². The summed E-state index contributed by atoms with van der Waals surface area (Å²) in [6.07, 6.45) is 1.59. The summed E-state index contributed by atoms with van der Waals surface area (Å²) in [5.74, 6) is 0.410. The molecule has 0 saturated carbocycles. The molecule has 4 nitrogen and oxygen atoms in total. The molecule has 104 valence electrons. The molecule has 0 bridgehead atoms. The van der Waals surface area contributed by atoms with Crippen LogP contribution in [0.25, 0.3) is 0 Å². The zero-order valence-electron chi connectivity index (χ0n) is 11.2. The van der Waals surface area contributed by atoms with E-state index in [-0.39, 0.29) is 11.1 Å². The zero-order chi connectivity index (χ0) is 14.2. The number of hydrogen-bond donors (Lipinski definition) is 0. The summed E-state index contributed by atoms with van der Waals surface area (Å²) in [6.45, 7) is 3.65. The van der Waals surface area contributed by atoms with Gasteiger partial charge < -0.3 is 9.80 Å². The highest BCUT2D eigenvalue weighted by Gasteiger charge is 2.34. The van der Waals surface area contributed by atoms with Gasteiger partial charge in [0, 0.05) is 29.8 Å². The van der Waals surface area contributed by atoms with Crippen LogP contribution < -0.4 is 0 Å². The lowest BCUT2D eigenvalue weighted by atomic mass is 10.1. The van der Waals surface area contributed by atoms with Crippen LogP contribution >= 0.6 is 27.5 Å². The summed E-state index contributed by atoms with van der Waals surface area (Å²) in [5, 5.41) is 0.258. The summed E-state index contributed by atoms with van der Waals surface area (Å²) >= 11 is 9.33. The van der Waals surface area contributed by atoms with E-state index in [1.165, 1.54) is 0 Å². The van der Waals surface area contributed by atoms with Crippen LogP contribution in [0.5, 0.6) is 0 Å². The number of carbonyl (C=O) groups is 1. The average Bonchev–Trinajstić information content (AvgIpc) is 2.74. The molecule has 0 N–H and O–H groups in total. The number of nitrogens with zero attached hydrogens (tertiary/aromatic N) is 3. The summed E-state index contributed by atoms with van der Waals surface area (Å²) in [6, 6.07) is 2.12. The maximum absolute atomic E-state index is 12.5. The molecule has 1 aromatic heterocycles. The molecule has 1 saturated heterocycles. The van der Waals surface area contributed by atoms with Crippen LogP contribution in [0, 0.1) is 5.92 Å². The van der Waals surface area contributed by atoms with Gasteiger partial charge in [-0.05, 0) is 42.0 Å². The maximum atomic E-state index is 12.5. The van der Waals surface area contributed by atoms with Gasteiger partial charge in [-0.3, -0.25) is 4.79 Å². The molecule has 2 unspecified atom stereocenters. The Morgan fingerprint density at radius 2 is 2.21 bits per heavy atom. The lowest BCUT2D eigenvalue weighted by molar-refractivity contribution is 0.0781. The third-order valence-corrected chi connectivity index (χ3v) is 4.29. The molecular formula is C13H17BrClN3O. The molecule has 0 aromatic carbocycles. The molecule has 0 aliphatic carbocycles. The lowest BCUT2D eigenvalue weighted by Crippen LogP contribution is -2.35. The zero-order valence-corrected chi connectivity index (χ0v) is 13.6. The fraction of sp³-hybridized carbons (Fsp3) is 0.538. The minimum Gasteiger partial charge on any atom is -0.337 e. The quantitative estimate of drug-likeness (QED) is 0.772. The van der Waals surface area contributed by atoms with Crippen LogP contribution in [0.4, 0.5) is 0 Å². The number of hydrogen-bond acceptors (Lipinski definition) is 3. The lowest BCUT2D eigenvalue weighted by Gasteiger charge is -2.22. The Bertz CT molecular complexity index is 495. The topological polar surface area (TPSA) is 36.4 Å². The van der Waals surface area contributed by atoms with Gasteiger partial charge in [0.05, 0.1) is 5.56 Å². The second-order valence-corrected chi connectivity index (χ2v) is 6.48. The normalized spacial score (nSPS) is 23.2. The molecule has 19 heavy (non-hydrogen) atoms. The van der Waals surface area contributed by atoms with Crippen molar-refractivity contribution in [2.24, 2.45) is 5.92 Å². The predicted octanol–water partition coefficient (Wildman–Crippen LogP) is 2.52. The summed E-state index contributed by atoms with van der Waals surface area (Å²) in [7, 11) is 4.09. The molecule has 1 aliphatic heterocycles. The first-order chi connectivity index (χ1) is 8.90. The van der Waals surface area contributed by atoms with Gasteiger partial charge >= 0.3 is 0 Å². The monoisotopic (exact) mass is 345 g/mol. The fourth-order valence-corrected chi connectivity index (χ4v) is 3.05. The Morgan fingerprint density at radius 1 is 1.53 bits per heavy atom. The van der Waals surface area contributed by atoms with Crippen molar-refractivity contribution in [2.75, 3.05) is 27.2 Å². The third kappa shape index (κ3) is 3.09. The van der Waals surface area contributed by atoms with Gasteiger partial charge in [-0.25, -0.2) is 4.98 Å². The van der Waals surface area contributed by atoms with Gasteiger partial charge in [-0.2, -0.15) is 0 Å². The number of likely N-dealkylation sites (tertiary alicyclic amines) is 1. The Kier molecular flexibility index (Phi) is 4.48. The van der Waals surface area contributed by atoms with E-state index in [9.17, 15) is 4.79 Å². The van der Waals surface area contributed by atoms with E-state index in [1.54, 1.807) is 12.3 Å². The van der Waals surface area contributed by atoms with Crippen molar-refractivity contribution in [3.8, 4) is 0 Å². The maximum Gasteiger partial charge on any atom is 0.257 e. The minimum atomic E-state index is -0.0463. The second kappa shape index (κ2) is 5.77. The van der Waals surface area contributed by atoms with Crippen LogP contribution in [-0.2, 0) is 0 Å². The molecular weight excluding hydrogens is 330 g/mol. The van der Waals surface area contributed by atoms with Crippen molar-refractivity contribution >= 4 is 33.4 Å². The fourth-order valence-electron chi connectivity index (χ4n) is 2.53. The Morgan fingerprint density at radius 3 is 2.79 bits per heavy atom. The molecule has 6 heteroatoms. The summed E-state index contributed by atoms with van der Waals surface area (Å²) in [4.78, 5) is 20.5. The van der Waals surface area contributed by atoms with E-state index in [0.717, 1.165) is 17.6 Å². The van der Waals surface area contributed by atoms with E-state index in [2.05, 4.69) is 32.7 Å². The molecule has 2 atom stereocenters. The standard InChI is InChI=1S/C13H17BrClN3O/c1-8-6-18(7-11(8)17(2)3)13(19)10-4-9(14)5-16-12(10)15/h4-5,8,11H,6-7H2,1-3H3. The number of likely N-dealkylation sites (N-methyl/N-ethyl adjacent to an activating group) is 1. The highest BCUT2D eigenvalue weighted by atomic mass is 79.9. The third-order valence-electron chi connectivity index (χ3n) is 3.56. The smallest absolute Gasteiger partial charge is 0.257 e.